The lowest BCUT2D eigenvalue weighted by atomic mass is 10.1. The summed E-state index contributed by atoms with van der Waals surface area (Å²) in [5, 5.41) is 2.85. The number of anilines is 1. The number of benzene rings is 1. The summed E-state index contributed by atoms with van der Waals surface area (Å²) in [5.41, 5.74) is 1.64. The third-order valence-corrected chi connectivity index (χ3v) is 4.15. The Morgan fingerprint density at radius 1 is 1.29 bits per heavy atom. The van der Waals surface area contributed by atoms with Gasteiger partial charge in [-0.1, -0.05) is 18.2 Å². The Bertz CT molecular complexity index is 705. The van der Waals surface area contributed by atoms with E-state index < -0.39 is 6.04 Å². The van der Waals surface area contributed by atoms with E-state index in [-0.39, 0.29) is 17.9 Å². The first-order valence-electron chi connectivity index (χ1n) is 8.07. The highest BCUT2D eigenvalue weighted by molar-refractivity contribution is 6.01. The molecule has 24 heavy (non-hydrogen) atoms. The quantitative estimate of drug-likeness (QED) is 0.909. The van der Waals surface area contributed by atoms with Gasteiger partial charge in [0.2, 0.25) is 11.8 Å². The van der Waals surface area contributed by atoms with Crippen molar-refractivity contribution in [2.75, 3.05) is 4.90 Å². The predicted octanol–water partition coefficient (Wildman–Crippen LogP) is 1.72. The number of carbonyl (C=O) groups excluding carboxylic acids is 2. The molecule has 6 nitrogen and oxygen atoms in total. The molecule has 0 radical (unpaired) electrons. The van der Waals surface area contributed by atoms with Crippen LogP contribution >= 0.6 is 0 Å². The molecule has 1 fully saturated rings. The topological polar surface area (TPSA) is 75.2 Å². The predicted molar refractivity (Wildman–Crippen MR) is 90.3 cm³/mol. The number of amides is 2. The monoisotopic (exact) mass is 324 g/mol. The van der Waals surface area contributed by atoms with Gasteiger partial charge in [0.25, 0.3) is 0 Å². The Balaban J connectivity index is 1.58. The van der Waals surface area contributed by atoms with E-state index in [1.165, 1.54) is 0 Å². The van der Waals surface area contributed by atoms with E-state index in [1.54, 1.807) is 23.5 Å². The van der Waals surface area contributed by atoms with Crippen molar-refractivity contribution in [1.82, 2.24) is 15.3 Å². The molecule has 0 aliphatic carbocycles. The van der Waals surface area contributed by atoms with E-state index in [1.807, 2.05) is 37.3 Å². The average Bonchev–Trinajstić information content (AvgIpc) is 2.88. The third-order valence-electron chi connectivity index (χ3n) is 4.15. The fraction of sp³-hybridized carbons (Fsp3) is 0.333. The van der Waals surface area contributed by atoms with Crippen LogP contribution in [0.4, 0.5) is 5.69 Å². The van der Waals surface area contributed by atoms with Gasteiger partial charge < -0.3 is 10.2 Å². The summed E-state index contributed by atoms with van der Waals surface area (Å²) in [5.74, 6) is -0.192. The Labute approximate surface area is 140 Å². The molecule has 1 saturated heterocycles. The lowest BCUT2D eigenvalue weighted by Crippen LogP contribution is -2.42. The minimum absolute atomic E-state index is 0.0541. The Kier molecular flexibility index (Phi) is 4.84. The van der Waals surface area contributed by atoms with Crippen LogP contribution in [0.3, 0.4) is 0 Å². The van der Waals surface area contributed by atoms with Gasteiger partial charge in [-0.25, -0.2) is 0 Å². The molecule has 1 aliphatic heterocycles. The van der Waals surface area contributed by atoms with Crippen LogP contribution in [0.5, 0.6) is 0 Å². The van der Waals surface area contributed by atoms with Gasteiger partial charge in [-0.05, 0) is 31.9 Å². The van der Waals surface area contributed by atoms with Crippen LogP contribution in [-0.4, -0.2) is 33.9 Å². The zero-order chi connectivity index (χ0) is 16.9. The summed E-state index contributed by atoms with van der Waals surface area (Å²) < 4.78 is 0. The molecule has 1 aliphatic rings. The summed E-state index contributed by atoms with van der Waals surface area (Å²) in [6, 6.07) is 9.14. The van der Waals surface area contributed by atoms with Gasteiger partial charge in [0.05, 0.1) is 5.69 Å². The second-order valence-corrected chi connectivity index (χ2v) is 5.95. The summed E-state index contributed by atoms with van der Waals surface area (Å²) in [7, 11) is 0. The number of carbonyl (C=O) groups is 2. The highest BCUT2D eigenvalue weighted by Gasteiger charge is 2.38. The number of aromatic nitrogens is 2. The maximum atomic E-state index is 12.6. The fourth-order valence-electron chi connectivity index (χ4n) is 2.99. The SMILES string of the molecule is C[C@H]1C[C@H](NC(=O)CCc2cnccn2)C(=O)N1c1ccccc1. The van der Waals surface area contributed by atoms with Crippen molar-refractivity contribution < 1.29 is 9.59 Å². The van der Waals surface area contributed by atoms with E-state index in [2.05, 4.69) is 15.3 Å². The minimum Gasteiger partial charge on any atom is -0.344 e. The van der Waals surface area contributed by atoms with Crippen molar-refractivity contribution in [3.05, 3.63) is 54.6 Å². The molecule has 2 aromatic rings. The molecule has 124 valence electrons. The Hall–Kier alpha value is -2.76. The summed E-state index contributed by atoms with van der Waals surface area (Å²) >= 11 is 0. The van der Waals surface area contributed by atoms with E-state index in [0.717, 1.165) is 11.4 Å². The van der Waals surface area contributed by atoms with Crippen LogP contribution < -0.4 is 10.2 Å². The van der Waals surface area contributed by atoms with Crippen LogP contribution in [0, 0.1) is 0 Å². The average molecular weight is 324 g/mol. The molecule has 1 aromatic carbocycles. The van der Waals surface area contributed by atoms with Gasteiger partial charge in [-0.3, -0.25) is 19.6 Å². The van der Waals surface area contributed by atoms with E-state index in [0.29, 0.717) is 19.3 Å². The van der Waals surface area contributed by atoms with Gasteiger partial charge in [0, 0.05) is 36.7 Å². The molecular formula is C18H20N4O2. The van der Waals surface area contributed by atoms with Crippen molar-refractivity contribution in [1.29, 1.82) is 0 Å². The lowest BCUT2D eigenvalue weighted by molar-refractivity contribution is -0.126. The highest BCUT2D eigenvalue weighted by Crippen LogP contribution is 2.26. The zero-order valence-electron chi connectivity index (χ0n) is 13.6. The standard InChI is InChI=1S/C18H20N4O2/c1-13-11-16(18(24)22(13)15-5-3-2-4-6-15)21-17(23)8-7-14-12-19-9-10-20-14/h2-6,9-10,12-13,16H,7-8,11H2,1H3,(H,21,23)/t13-,16-/m0/s1. The van der Waals surface area contributed by atoms with Crippen molar-refractivity contribution in [3.63, 3.8) is 0 Å². The molecule has 0 spiro atoms. The Morgan fingerprint density at radius 3 is 2.79 bits per heavy atom. The van der Waals surface area contributed by atoms with Gasteiger partial charge in [-0.15, -0.1) is 0 Å². The van der Waals surface area contributed by atoms with E-state index >= 15 is 0 Å². The Morgan fingerprint density at radius 2 is 2.08 bits per heavy atom. The summed E-state index contributed by atoms with van der Waals surface area (Å²) in [4.78, 5) is 34.6. The molecule has 0 saturated carbocycles. The number of aryl methyl sites for hydroxylation is 1. The minimum atomic E-state index is -0.463. The van der Waals surface area contributed by atoms with Crippen molar-refractivity contribution in [3.8, 4) is 0 Å². The second kappa shape index (κ2) is 7.21. The van der Waals surface area contributed by atoms with Crippen LogP contribution in [0.15, 0.2) is 48.9 Å². The van der Waals surface area contributed by atoms with E-state index in [4.69, 9.17) is 0 Å². The molecular weight excluding hydrogens is 304 g/mol. The first-order chi connectivity index (χ1) is 11.6. The van der Waals surface area contributed by atoms with Crippen molar-refractivity contribution in [2.24, 2.45) is 0 Å². The summed E-state index contributed by atoms with van der Waals surface area (Å²) in [6.45, 7) is 2.00. The number of nitrogens with one attached hydrogen (secondary N) is 1. The molecule has 6 heteroatoms. The molecule has 3 rings (SSSR count). The molecule has 1 aromatic heterocycles. The first kappa shape index (κ1) is 16.1. The normalized spacial score (nSPS) is 20.2. The molecule has 2 atom stereocenters. The van der Waals surface area contributed by atoms with E-state index in [9.17, 15) is 9.59 Å². The number of para-hydroxylation sites is 1. The summed E-state index contributed by atoms with van der Waals surface area (Å²) in [6.07, 6.45) is 6.27. The van der Waals surface area contributed by atoms with Crippen LogP contribution in [0.1, 0.15) is 25.5 Å². The first-order valence-corrected chi connectivity index (χ1v) is 8.07. The van der Waals surface area contributed by atoms with Crippen LogP contribution in [0.2, 0.25) is 0 Å². The van der Waals surface area contributed by atoms with Crippen LogP contribution in [-0.2, 0) is 16.0 Å². The van der Waals surface area contributed by atoms with Gasteiger partial charge in [0.15, 0.2) is 0 Å². The molecule has 0 unspecified atom stereocenters. The maximum Gasteiger partial charge on any atom is 0.249 e. The van der Waals surface area contributed by atoms with Crippen LogP contribution in [0.25, 0.3) is 0 Å². The fourth-order valence-corrected chi connectivity index (χ4v) is 2.99. The second-order valence-electron chi connectivity index (χ2n) is 5.95. The smallest absolute Gasteiger partial charge is 0.249 e. The van der Waals surface area contributed by atoms with Gasteiger partial charge in [-0.2, -0.15) is 0 Å². The molecule has 2 heterocycles. The molecule has 1 N–H and O–H groups in total. The highest BCUT2D eigenvalue weighted by atomic mass is 16.2. The molecule has 0 bridgehead atoms. The lowest BCUT2D eigenvalue weighted by Gasteiger charge is -2.21. The zero-order valence-corrected chi connectivity index (χ0v) is 13.6. The number of nitrogens with zero attached hydrogens (tertiary/aromatic N) is 3. The maximum absolute atomic E-state index is 12.6. The van der Waals surface area contributed by atoms with Gasteiger partial charge in [0.1, 0.15) is 6.04 Å². The van der Waals surface area contributed by atoms with Gasteiger partial charge >= 0.3 is 0 Å². The third kappa shape index (κ3) is 3.59. The molecule has 2 amide bonds. The van der Waals surface area contributed by atoms with Crippen molar-refractivity contribution >= 4 is 17.5 Å². The number of hydrogen-bond donors (Lipinski definition) is 1. The largest absolute Gasteiger partial charge is 0.344 e. The van der Waals surface area contributed by atoms with Crippen molar-refractivity contribution in [2.45, 2.75) is 38.3 Å². The number of rotatable bonds is 5. The number of hydrogen-bond acceptors (Lipinski definition) is 4.